The Balaban J connectivity index is 1.61. The normalized spacial score (nSPS) is 12.1. The average Bonchev–Trinajstić information content (AvgIpc) is 3.32. The third-order valence-corrected chi connectivity index (χ3v) is 5.82. The fraction of sp³-hybridized carbons (Fsp3) is 0.115. The molecule has 0 bridgehead atoms. The van der Waals surface area contributed by atoms with Crippen LogP contribution in [0.5, 0.6) is 11.5 Å². The number of rotatable bonds is 8. The maximum absolute atomic E-state index is 13.0. The first-order valence-electron chi connectivity index (χ1n) is 10.3. The molecule has 1 N–H and O–H groups in total. The summed E-state index contributed by atoms with van der Waals surface area (Å²) < 4.78 is 56.8. The molecule has 0 saturated heterocycles. The molecule has 9 heteroatoms. The maximum Gasteiger partial charge on any atom is 0.416 e. The lowest BCUT2D eigenvalue weighted by Gasteiger charge is -2.13. The molecular formula is C26H18F3IO5. The number of carbonyl (C=O) groups is 1. The number of carboxylic acids is 1. The second-order valence-electron chi connectivity index (χ2n) is 7.42. The van der Waals surface area contributed by atoms with Crippen molar-refractivity contribution in [3.05, 3.63) is 99.3 Å². The molecule has 0 fully saturated rings. The van der Waals surface area contributed by atoms with Gasteiger partial charge >= 0.3 is 12.1 Å². The van der Waals surface area contributed by atoms with Gasteiger partial charge in [-0.05, 0) is 87.8 Å². The van der Waals surface area contributed by atoms with E-state index >= 15 is 0 Å². The van der Waals surface area contributed by atoms with Gasteiger partial charge in [0.25, 0.3) is 0 Å². The second-order valence-corrected chi connectivity index (χ2v) is 8.66. The number of halogens is 4. The first-order valence-corrected chi connectivity index (χ1v) is 11.4. The summed E-state index contributed by atoms with van der Waals surface area (Å²) in [6.07, 6.45) is -1.18. The second kappa shape index (κ2) is 10.4. The van der Waals surface area contributed by atoms with Gasteiger partial charge < -0.3 is 19.0 Å². The zero-order chi connectivity index (χ0) is 25.0. The van der Waals surface area contributed by atoms with Crippen molar-refractivity contribution in [2.75, 3.05) is 13.2 Å². The molecule has 0 saturated carbocycles. The van der Waals surface area contributed by atoms with Crippen LogP contribution in [0.25, 0.3) is 16.5 Å². The van der Waals surface area contributed by atoms with Gasteiger partial charge in [-0.25, -0.2) is 4.79 Å². The van der Waals surface area contributed by atoms with Crippen LogP contribution in [0.1, 0.15) is 16.7 Å². The van der Waals surface area contributed by atoms with Crippen molar-refractivity contribution < 1.29 is 37.0 Å². The van der Waals surface area contributed by atoms with Crippen LogP contribution in [0.4, 0.5) is 13.2 Å². The van der Waals surface area contributed by atoms with Gasteiger partial charge in [0, 0.05) is 3.57 Å². The van der Waals surface area contributed by atoms with Gasteiger partial charge in [-0.3, -0.25) is 0 Å². The van der Waals surface area contributed by atoms with Gasteiger partial charge in [-0.2, -0.15) is 13.2 Å². The van der Waals surface area contributed by atoms with Gasteiger partial charge in [0.1, 0.15) is 12.4 Å². The van der Waals surface area contributed by atoms with Crippen LogP contribution in [-0.2, 0) is 11.0 Å². The molecule has 0 aliphatic carbocycles. The highest BCUT2D eigenvalue weighted by molar-refractivity contribution is 14.1. The Morgan fingerprint density at radius 1 is 0.914 bits per heavy atom. The van der Waals surface area contributed by atoms with Crippen molar-refractivity contribution in [1.29, 1.82) is 0 Å². The monoisotopic (exact) mass is 594 g/mol. The molecule has 0 radical (unpaired) electrons. The van der Waals surface area contributed by atoms with Crippen LogP contribution in [0.2, 0.25) is 0 Å². The number of hydrogen-bond donors (Lipinski definition) is 1. The largest absolute Gasteiger partial charge is 0.486 e. The minimum absolute atomic E-state index is 0.105. The number of alkyl halides is 3. The molecule has 4 aromatic rings. The third kappa shape index (κ3) is 5.97. The predicted molar refractivity (Wildman–Crippen MR) is 133 cm³/mol. The van der Waals surface area contributed by atoms with E-state index in [0.717, 1.165) is 21.3 Å². The lowest BCUT2D eigenvalue weighted by atomic mass is 9.96. The summed E-state index contributed by atoms with van der Waals surface area (Å²) in [7, 11) is 0. The molecule has 0 amide bonds. The minimum atomic E-state index is -4.41. The molecule has 1 aromatic heterocycles. The molecule has 3 aromatic carbocycles. The zero-order valence-electron chi connectivity index (χ0n) is 18.0. The molecule has 0 aliphatic heterocycles. The highest BCUT2D eigenvalue weighted by Gasteiger charge is 2.30. The number of furan rings is 1. The van der Waals surface area contributed by atoms with E-state index in [1.54, 1.807) is 24.3 Å². The summed E-state index contributed by atoms with van der Waals surface area (Å²) in [6, 6.07) is 17.4. The summed E-state index contributed by atoms with van der Waals surface area (Å²) in [5.74, 6) is -0.333. The van der Waals surface area contributed by atoms with Crippen molar-refractivity contribution in [3.8, 4) is 11.5 Å². The Morgan fingerprint density at radius 3 is 2.17 bits per heavy atom. The Kier molecular flexibility index (Phi) is 7.34. The molecule has 5 nitrogen and oxygen atoms in total. The van der Waals surface area contributed by atoms with Crippen LogP contribution < -0.4 is 9.47 Å². The molecule has 4 rings (SSSR count). The Morgan fingerprint density at radius 2 is 1.54 bits per heavy atom. The van der Waals surface area contributed by atoms with E-state index in [1.807, 2.05) is 24.3 Å². The van der Waals surface area contributed by atoms with E-state index in [-0.39, 0.29) is 6.61 Å². The highest BCUT2D eigenvalue weighted by atomic mass is 127. The highest BCUT2D eigenvalue weighted by Crippen LogP contribution is 2.35. The van der Waals surface area contributed by atoms with E-state index in [0.29, 0.717) is 33.6 Å². The van der Waals surface area contributed by atoms with Crippen LogP contribution in [-0.4, -0.2) is 24.3 Å². The smallest absolute Gasteiger partial charge is 0.416 e. The van der Waals surface area contributed by atoms with Crippen molar-refractivity contribution in [1.82, 2.24) is 0 Å². The van der Waals surface area contributed by atoms with Crippen molar-refractivity contribution in [2.45, 2.75) is 6.18 Å². The Bertz CT molecular complexity index is 1360. The van der Waals surface area contributed by atoms with Gasteiger partial charge in [0.05, 0.1) is 17.2 Å². The molecule has 0 unspecified atom stereocenters. The first kappa shape index (κ1) is 24.6. The summed E-state index contributed by atoms with van der Waals surface area (Å²) >= 11 is 2.18. The van der Waals surface area contributed by atoms with Crippen molar-refractivity contribution in [3.63, 3.8) is 0 Å². The number of aliphatic carboxylic acids is 1. The molecule has 0 aliphatic rings. The standard InChI is InChI=1S/C26H18F3IO5/c27-26(28,29)18-5-1-16(2-6-18)20(17-3-7-19(30)8-4-17)11-13-33-23-10-9-22(35-15-24(31)32)21-12-14-34-25(21)23/h1-12,14H,13,15H2,(H,31,32)/b20-11-. The van der Waals surface area contributed by atoms with Crippen LogP contribution in [0.3, 0.4) is 0 Å². The number of hydrogen-bond acceptors (Lipinski definition) is 4. The fourth-order valence-corrected chi connectivity index (χ4v) is 3.83. The lowest BCUT2D eigenvalue weighted by Crippen LogP contribution is -2.09. The maximum atomic E-state index is 13.0. The first-order chi connectivity index (χ1) is 16.7. The summed E-state index contributed by atoms with van der Waals surface area (Å²) in [5.41, 5.74) is 1.83. The topological polar surface area (TPSA) is 68.9 Å². The molecule has 35 heavy (non-hydrogen) atoms. The Labute approximate surface area is 211 Å². The van der Waals surface area contributed by atoms with Crippen molar-refractivity contribution in [2.24, 2.45) is 0 Å². The van der Waals surface area contributed by atoms with E-state index in [1.165, 1.54) is 18.4 Å². The molecule has 0 atom stereocenters. The van der Waals surface area contributed by atoms with E-state index in [2.05, 4.69) is 22.6 Å². The quantitative estimate of drug-likeness (QED) is 0.222. The molecule has 1 heterocycles. The number of fused-ring (bicyclic) bond motifs is 1. The van der Waals surface area contributed by atoms with E-state index in [4.69, 9.17) is 19.0 Å². The van der Waals surface area contributed by atoms with Crippen LogP contribution in [0, 0.1) is 3.57 Å². The number of carboxylic acid groups (broad SMARTS) is 1. The summed E-state index contributed by atoms with van der Waals surface area (Å²) in [5, 5.41) is 9.41. The van der Waals surface area contributed by atoms with Gasteiger partial charge in [0.15, 0.2) is 17.9 Å². The molecule has 0 spiro atoms. The fourth-order valence-electron chi connectivity index (χ4n) is 3.48. The summed E-state index contributed by atoms with van der Waals surface area (Å²) in [6.45, 7) is -0.386. The van der Waals surface area contributed by atoms with Gasteiger partial charge in [-0.1, -0.05) is 24.3 Å². The van der Waals surface area contributed by atoms with Crippen molar-refractivity contribution >= 4 is 45.1 Å². The predicted octanol–water partition coefficient (Wildman–Crippen LogP) is 7.03. The van der Waals surface area contributed by atoms with E-state index < -0.39 is 24.3 Å². The molecule has 180 valence electrons. The average molecular weight is 594 g/mol. The van der Waals surface area contributed by atoms with Crippen LogP contribution >= 0.6 is 22.6 Å². The minimum Gasteiger partial charge on any atom is -0.486 e. The SMILES string of the molecule is O=C(O)COc1ccc(OC/C=C(\c2ccc(I)cc2)c2ccc(C(F)(F)F)cc2)c2occc12. The molecular weight excluding hydrogens is 576 g/mol. The lowest BCUT2D eigenvalue weighted by molar-refractivity contribution is -0.139. The summed E-state index contributed by atoms with van der Waals surface area (Å²) in [4.78, 5) is 10.8. The van der Waals surface area contributed by atoms with E-state index in [9.17, 15) is 18.0 Å². The van der Waals surface area contributed by atoms with Crippen LogP contribution in [0.15, 0.2) is 83.5 Å². The zero-order valence-corrected chi connectivity index (χ0v) is 20.2. The van der Waals surface area contributed by atoms with Gasteiger partial charge in [0.2, 0.25) is 0 Å². The Hall–Kier alpha value is -3.47. The van der Waals surface area contributed by atoms with Gasteiger partial charge in [-0.15, -0.1) is 0 Å². The number of ether oxygens (including phenoxy) is 2. The third-order valence-electron chi connectivity index (χ3n) is 5.10. The number of benzene rings is 3.